The molecule has 21 heavy (non-hydrogen) atoms. The molecule has 112 valence electrons. The molecule has 0 bridgehead atoms. The van der Waals surface area contributed by atoms with Gasteiger partial charge in [-0.05, 0) is 56.0 Å². The van der Waals surface area contributed by atoms with Crippen molar-refractivity contribution in [1.29, 1.82) is 0 Å². The number of nitrogens with two attached hydrogens (primary N) is 1. The summed E-state index contributed by atoms with van der Waals surface area (Å²) in [5.74, 6) is 0. The molecule has 3 N–H and O–H groups in total. The Hall–Kier alpha value is -2.01. The normalized spacial score (nSPS) is 11.4. The second kappa shape index (κ2) is 5.41. The Balaban J connectivity index is 2.54. The summed E-state index contributed by atoms with van der Waals surface area (Å²) in [4.78, 5) is 0.156. The van der Waals surface area contributed by atoms with Crippen molar-refractivity contribution in [2.75, 3.05) is 10.5 Å². The number of anilines is 2. The van der Waals surface area contributed by atoms with Crippen LogP contribution < -0.4 is 10.5 Å². The number of hydrogen-bond acceptors (Lipinski definition) is 3. The zero-order valence-corrected chi connectivity index (χ0v) is 13.5. The van der Waals surface area contributed by atoms with Crippen LogP contribution in [0, 0.1) is 27.7 Å². The van der Waals surface area contributed by atoms with Gasteiger partial charge in [0, 0.05) is 0 Å². The minimum absolute atomic E-state index is 0.156. The molecule has 2 aromatic carbocycles. The maximum atomic E-state index is 12.7. The molecule has 0 unspecified atom stereocenters. The van der Waals surface area contributed by atoms with Gasteiger partial charge in [0.2, 0.25) is 0 Å². The van der Waals surface area contributed by atoms with Gasteiger partial charge in [-0.25, -0.2) is 8.42 Å². The van der Waals surface area contributed by atoms with Gasteiger partial charge in [-0.1, -0.05) is 24.3 Å². The number of sulfonamides is 1. The number of rotatable bonds is 3. The average Bonchev–Trinajstić information content (AvgIpc) is 2.39. The Kier molecular flexibility index (Phi) is 3.96. The van der Waals surface area contributed by atoms with Crippen LogP contribution in [0.15, 0.2) is 35.2 Å². The summed E-state index contributed by atoms with van der Waals surface area (Å²) >= 11 is 0. The van der Waals surface area contributed by atoms with E-state index in [1.165, 1.54) is 0 Å². The summed E-state index contributed by atoms with van der Waals surface area (Å²) in [6.07, 6.45) is 0. The van der Waals surface area contributed by atoms with Crippen molar-refractivity contribution in [3.8, 4) is 0 Å². The third-order valence-electron chi connectivity index (χ3n) is 3.73. The Morgan fingerprint density at radius 2 is 1.52 bits per heavy atom. The monoisotopic (exact) mass is 304 g/mol. The van der Waals surface area contributed by atoms with Crippen molar-refractivity contribution in [1.82, 2.24) is 0 Å². The van der Waals surface area contributed by atoms with Crippen LogP contribution in [0.5, 0.6) is 0 Å². The smallest absolute Gasteiger partial charge is 0.264 e. The Bertz CT molecular complexity index is 796. The zero-order valence-electron chi connectivity index (χ0n) is 12.7. The van der Waals surface area contributed by atoms with Crippen molar-refractivity contribution in [2.45, 2.75) is 32.6 Å². The molecule has 2 aromatic rings. The highest BCUT2D eigenvalue weighted by molar-refractivity contribution is 7.93. The molecule has 0 aliphatic carbocycles. The fourth-order valence-corrected chi connectivity index (χ4v) is 3.78. The number of nitrogens with one attached hydrogen (secondary N) is 1. The van der Waals surface area contributed by atoms with Crippen LogP contribution in [0.2, 0.25) is 0 Å². The summed E-state index contributed by atoms with van der Waals surface area (Å²) in [6, 6.07) is 9.11. The van der Waals surface area contributed by atoms with Gasteiger partial charge in [0.25, 0.3) is 10.0 Å². The van der Waals surface area contributed by atoms with Crippen molar-refractivity contribution in [3.05, 3.63) is 52.6 Å². The Labute approximate surface area is 126 Å². The van der Waals surface area contributed by atoms with Gasteiger partial charge >= 0.3 is 0 Å². The quantitative estimate of drug-likeness (QED) is 0.855. The van der Waals surface area contributed by atoms with Gasteiger partial charge in [0.15, 0.2) is 0 Å². The summed E-state index contributed by atoms with van der Waals surface area (Å²) in [7, 11) is -3.71. The van der Waals surface area contributed by atoms with Crippen molar-refractivity contribution in [3.63, 3.8) is 0 Å². The minimum atomic E-state index is -3.71. The van der Waals surface area contributed by atoms with Crippen LogP contribution >= 0.6 is 0 Å². The molecule has 0 heterocycles. The molecule has 0 amide bonds. The van der Waals surface area contributed by atoms with Crippen molar-refractivity contribution < 1.29 is 8.42 Å². The van der Waals surface area contributed by atoms with E-state index in [2.05, 4.69) is 4.72 Å². The molecular weight excluding hydrogens is 284 g/mol. The fraction of sp³-hybridized carbons (Fsp3) is 0.250. The Morgan fingerprint density at radius 1 is 0.905 bits per heavy atom. The first-order valence-corrected chi connectivity index (χ1v) is 8.17. The van der Waals surface area contributed by atoms with E-state index >= 15 is 0 Å². The molecule has 0 saturated heterocycles. The molecule has 0 radical (unpaired) electrons. The summed E-state index contributed by atoms with van der Waals surface area (Å²) in [6.45, 7) is 7.37. The average molecular weight is 304 g/mol. The summed E-state index contributed by atoms with van der Waals surface area (Å²) in [5.41, 5.74) is 10.2. The third kappa shape index (κ3) is 2.88. The van der Waals surface area contributed by atoms with Gasteiger partial charge in [-0.15, -0.1) is 0 Å². The fourth-order valence-electron chi connectivity index (χ4n) is 2.22. The first kappa shape index (κ1) is 15.4. The highest BCUT2D eigenvalue weighted by atomic mass is 32.2. The van der Waals surface area contributed by atoms with Crippen LogP contribution in [0.3, 0.4) is 0 Å². The number of nitrogen functional groups attached to an aromatic ring is 1. The minimum Gasteiger partial charge on any atom is -0.397 e. The van der Waals surface area contributed by atoms with Crippen LogP contribution in [-0.2, 0) is 10.0 Å². The standard InChI is InChI=1S/C16H20N2O2S/c1-10-6-5-7-14(13(10)4)18-21(19,20)16-12(3)9-8-11(2)15(16)17/h5-9,18H,17H2,1-4H3. The van der Waals surface area contributed by atoms with Gasteiger partial charge in [-0.3, -0.25) is 4.72 Å². The van der Waals surface area contributed by atoms with Gasteiger partial charge < -0.3 is 5.73 Å². The van der Waals surface area contributed by atoms with Crippen LogP contribution in [0.1, 0.15) is 22.3 Å². The summed E-state index contributed by atoms with van der Waals surface area (Å²) in [5, 5.41) is 0. The van der Waals surface area contributed by atoms with E-state index < -0.39 is 10.0 Å². The van der Waals surface area contributed by atoms with E-state index in [0.29, 0.717) is 16.9 Å². The second-order valence-electron chi connectivity index (χ2n) is 5.30. The lowest BCUT2D eigenvalue weighted by molar-refractivity contribution is 0.601. The lowest BCUT2D eigenvalue weighted by atomic mass is 10.1. The van der Waals surface area contributed by atoms with Crippen molar-refractivity contribution in [2.24, 2.45) is 0 Å². The highest BCUT2D eigenvalue weighted by Gasteiger charge is 2.22. The van der Waals surface area contributed by atoms with Gasteiger partial charge in [0.05, 0.1) is 11.4 Å². The molecule has 0 atom stereocenters. The molecule has 4 nitrogen and oxygen atoms in total. The number of benzene rings is 2. The molecule has 0 spiro atoms. The largest absolute Gasteiger partial charge is 0.397 e. The number of hydrogen-bond donors (Lipinski definition) is 2. The third-order valence-corrected chi connectivity index (χ3v) is 5.30. The van der Waals surface area contributed by atoms with E-state index in [1.807, 2.05) is 32.0 Å². The van der Waals surface area contributed by atoms with E-state index in [0.717, 1.165) is 16.7 Å². The van der Waals surface area contributed by atoms with Crippen LogP contribution in [0.4, 0.5) is 11.4 Å². The van der Waals surface area contributed by atoms with Gasteiger partial charge in [-0.2, -0.15) is 0 Å². The van der Waals surface area contributed by atoms with E-state index in [1.54, 1.807) is 26.0 Å². The van der Waals surface area contributed by atoms with E-state index in [4.69, 9.17) is 5.73 Å². The molecule has 0 aliphatic rings. The molecule has 5 heteroatoms. The Morgan fingerprint density at radius 3 is 2.19 bits per heavy atom. The van der Waals surface area contributed by atoms with Crippen LogP contribution in [0.25, 0.3) is 0 Å². The lowest BCUT2D eigenvalue weighted by Crippen LogP contribution is -2.17. The highest BCUT2D eigenvalue weighted by Crippen LogP contribution is 2.29. The zero-order chi connectivity index (χ0) is 15.8. The van der Waals surface area contributed by atoms with Crippen molar-refractivity contribution >= 4 is 21.4 Å². The van der Waals surface area contributed by atoms with E-state index in [9.17, 15) is 8.42 Å². The number of aryl methyl sites for hydroxylation is 3. The SMILES string of the molecule is Cc1cccc(NS(=O)(=O)c2c(C)ccc(C)c2N)c1C. The first-order chi connectivity index (χ1) is 9.74. The predicted octanol–water partition coefficient (Wildman–Crippen LogP) is 3.30. The maximum Gasteiger partial charge on any atom is 0.264 e. The summed E-state index contributed by atoms with van der Waals surface area (Å²) < 4.78 is 28.0. The molecule has 0 fully saturated rings. The lowest BCUT2D eigenvalue weighted by Gasteiger charge is -2.16. The molecule has 0 saturated carbocycles. The molecule has 0 aliphatic heterocycles. The first-order valence-electron chi connectivity index (χ1n) is 6.68. The topological polar surface area (TPSA) is 72.2 Å². The molecule has 0 aromatic heterocycles. The van der Waals surface area contributed by atoms with E-state index in [-0.39, 0.29) is 4.90 Å². The second-order valence-corrected chi connectivity index (χ2v) is 6.91. The molecule has 2 rings (SSSR count). The maximum absolute atomic E-state index is 12.7. The van der Waals surface area contributed by atoms with Crippen LogP contribution in [-0.4, -0.2) is 8.42 Å². The predicted molar refractivity (Wildman–Crippen MR) is 87.1 cm³/mol. The van der Waals surface area contributed by atoms with Gasteiger partial charge in [0.1, 0.15) is 4.90 Å². The molecular formula is C16H20N2O2S.